The smallest absolute Gasteiger partial charge is 0.222 e. The zero-order chi connectivity index (χ0) is 17.7. The minimum absolute atomic E-state index is 0.356. The Morgan fingerprint density at radius 3 is 2.36 bits per heavy atom. The van der Waals surface area contributed by atoms with Gasteiger partial charge in [-0.1, -0.05) is 81.5 Å². The van der Waals surface area contributed by atoms with Crippen molar-refractivity contribution in [1.29, 1.82) is 0 Å². The lowest BCUT2D eigenvalue weighted by Crippen LogP contribution is -2.48. The third-order valence-electron chi connectivity index (χ3n) is 4.94. The third-order valence-corrected chi connectivity index (χ3v) is 4.94. The number of hydrogen-bond donors (Lipinski definition) is 0. The molecule has 1 aliphatic heterocycles. The number of amides is 1. The number of nitrogens with zero attached hydrogens (tertiary/aromatic N) is 2. The number of benzene rings is 1. The molecule has 3 heteroatoms. The second-order valence-electron chi connectivity index (χ2n) is 7.01. The van der Waals surface area contributed by atoms with E-state index in [2.05, 4.69) is 53.1 Å². The highest BCUT2D eigenvalue weighted by molar-refractivity contribution is 5.76. The van der Waals surface area contributed by atoms with E-state index in [-0.39, 0.29) is 0 Å². The molecule has 1 aliphatic rings. The Bertz CT molecular complexity index is 504. The summed E-state index contributed by atoms with van der Waals surface area (Å²) in [6, 6.07) is 10.4. The normalized spacial score (nSPS) is 15.8. The van der Waals surface area contributed by atoms with Crippen LogP contribution in [-0.4, -0.2) is 48.4 Å². The van der Waals surface area contributed by atoms with Crippen LogP contribution in [0.4, 0.5) is 0 Å². The summed E-state index contributed by atoms with van der Waals surface area (Å²) in [7, 11) is 0. The molecule has 138 valence electrons. The summed E-state index contributed by atoms with van der Waals surface area (Å²) in [5, 5.41) is 0. The molecule has 1 fully saturated rings. The quantitative estimate of drug-likeness (QED) is 0.580. The average molecular weight is 343 g/mol. The van der Waals surface area contributed by atoms with Gasteiger partial charge in [-0.3, -0.25) is 9.69 Å². The molecule has 3 nitrogen and oxygen atoms in total. The molecule has 25 heavy (non-hydrogen) atoms. The van der Waals surface area contributed by atoms with Gasteiger partial charge in [0.25, 0.3) is 0 Å². The lowest BCUT2D eigenvalue weighted by atomic mass is 10.1. The Kier molecular flexibility index (Phi) is 9.35. The van der Waals surface area contributed by atoms with Crippen LogP contribution in [0.3, 0.4) is 0 Å². The topological polar surface area (TPSA) is 23.6 Å². The fourth-order valence-electron chi connectivity index (χ4n) is 3.30. The Labute approximate surface area is 153 Å². The number of hydrogen-bond acceptors (Lipinski definition) is 2. The first kappa shape index (κ1) is 19.7. The first-order chi connectivity index (χ1) is 12.3. The second-order valence-corrected chi connectivity index (χ2v) is 7.01. The Morgan fingerprint density at radius 2 is 1.64 bits per heavy atom. The molecule has 0 saturated carbocycles. The monoisotopic (exact) mass is 342 g/mol. The number of carbonyl (C=O) groups is 1. The molecule has 1 saturated heterocycles. The molecule has 0 N–H and O–H groups in total. The van der Waals surface area contributed by atoms with Gasteiger partial charge in [0.2, 0.25) is 5.91 Å². The molecule has 0 atom stereocenters. The molecular formula is C22H34N2O. The minimum atomic E-state index is 0.356. The van der Waals surface area contributed by atoms with Crippen LogP contribution in [0.25, 0.3) is 6.08 Å². The molecule has 0 spiro atoms. The summed E-state index contributed by atoms with van der Waals surface area (Å²) in [4.78, 5) is 16.8. The van der Waals surface area contributed by atoms with Gasteiger partial charge in [-0.2, -0.15) is 0 Å². The molecule has 1 amide bonds. The zero-order valence-corrected chi connectivity index (χ0v) is 15.8. The van der Waals surface area contributed by atoms with Gasteiger partial charge in [0.15, 0.2) is 0 Å². The summed E-state index contributed by atoms with van der Waals surface area (Å²) >= 11 is 0. The second kappa shape index (κ2) is 11.9. The molecule has 0 aromatic heterocycles. The van der Waals surface area contributed by atoms with Crippen LogP contribution in [0, 0.1) is 0 Å². The fraction of sp³-hybridized carbons (Fsp3) is 0.591. The van der Waals surface area contributed by atoms with E-state index in [0.717, 1.165) is 45.6 Å². The molecule has 0 bridgehead atoms. The molecule has 1 aromatic carbocycles. The van der Waals surface area contributed by atoms with Crippen LogP contribution >= 0.6 is 0 Å². The standard InChI is InChI=1S/C22H34N2O/c1-2-3-4-5-6-10-15-22(25)24-19-17-23(18-20-24)16-11-14-21-12-8-7-9-13-21/h7-9,11-14H,2-6,10,15-20H2,1H3/b14-11+. The number of carbonyl (C=O) groups excluding carboxylic acids is 1. The van der Waals surface area contributed by atoms with Crippen molar-refractivity contribution in [2.45, 2.75) is 51.9 Å². The lowest BCUT2D eigenvalue weighted by Gasteiger charge is -2.34. The summed E-state index contributed by atoms with van der Waals surface area (Å²) in [5.74, 6) is 0.356. The maximum absolute atomic E-state index is 12.3. The number of rotatable bonds is 10. The van der Waals surface area contributed by atoms with Gasteiger partial charge >= 0.3 is 0 Å². The predicted octanol–water partition coefficient (Wildman–Crippen LogP) is 4.59. The Balaban J connectivity index is 1.57. The highest BCUT2D eigenvalue weighted by Crippen LogP contribution is 2.10. The first-order valence-corrected chi connectivity index (χ1v) is 10.0. The van der Waals surface area contributed by atoms with E-state index in [1.165, 1.54) is 37.7 Å². The lowest BCUT2D eigenvalue weighted by molar-refractivity contribution is -0.133. The van der Waals surface area contributed by atoms with Crippen LogP contribution in [0.15, 0.2) is 36.4 Å². The van der Waals surface area contributed by atoms with E-state index in [1.54, 1.807) is 0 Å². The van der Waals surface area contributed by atoms with E-state index in [1.807, 2.05) is 6.07 Å². The molecule has 2 rings (SSSR count). The number of piperazine rings is 1. The van der Waals surface area contributed by atoms with E-state index in [4.69, 9.17) is 0 Å². The molecule has 0 aliphatic carbocycles. The fourth-order valence-corrected chi connectivity index (χ4v) is 3.30. The Morgan fingerprint density at radius 1 is 0.960 bits per heavy atom. The van der Waals surface area contributed by atoms with E-state index in [0.29, 0.717) is 5.91 Å². The summed E-state index contributed by atoms with van der Waals surface area (Å²) in [6.45, 7) is 6.94. The van der Waals surface area contributed by atoms with Gasteiger partial charge in [-0.15, -0.1) is 0 Å². The summed E-state index contributed by atoms with van der Waals surface area (Å²) in [6.07, 6.45) is 12.6. The van der Waals surface area contributed by atoms with Crippen LogP contribution in [0.2, 0.25) is 0 Å². The summed E-state index contributed by atoms with van der Waals surface area (Å²) in [5.41, 5.74) is 1.25. The van der Waals surface area contributed by atoms with Crippen molar-refractivity contribution in [2.75, 3.05) is 32.7 Å². The SMILES string of the molecule is CCCCCCCCC(=O)N1CCN(C/C=C/c2ccccc2)CC1. The van der Waals surface area contributed by atoms with Crippen molar-refractivity contribution in [3.8, 4) is 0 Å². The van der Waals surface area contributed by atoms with E-state index in [9.17, 15) is 4.79 Å². The summed E-state index contributed by atoms with van der Waals surface area (Å²) < 4.78 is 0. The molecule has 1 aromatic rings. The molecular weight excluding hydrogens is 308 g/mol. The minimum Gasteiger partial charge on any atom is -0.340 e. The van der Waals surface area contributed by atoms with Crippen LogP contribution < -0.4 is 0 Å². The van der Waals surface area contributed by atoms with Crippen molar-refractivity contribution in [3.63, 3.8) is 0 Å². The van der Waals surface area contributed by atoms with Crippen LogP contribution in [0.1, 0.15) is 57.4 Å². The number of unbranched alkanes of at least 4 members (excludes halogenated alkanes) is 5. The van der Waals surface area contributed by atoms with Crippen molar-refractivity contribution < 1.29 is 4.79 Å². The van der Waals surface area contributed by atoms with Gasteiger partial charge < -0.3 is 4.90 Å². The van der Waals surface area contributed by atoms with Gasteiger partial charge in [0.05, 0.1) is 0 Å². The van der Waals surface area contributed by atoms with Crippen molar-refractivity contribution in [3.05, 3.63) is 42.0 Å². The largest absolute Gasteiger partial charge is 0.340 e. The maximum Gasteiger partial charge on any atom is 0.222 e. The molecule has 0 unspecified atom stereocenters. The average Bonchev–Trinajstić information content (AvgIpc) is 2.66. The maximum atomic E-state index is 12.3. The van der Waals surface area contributed by atoms with Gasteiger partial charge in [0.1, 0.15) is 0 Å². The van der Waals surface area contributed by atoms with Crippen molar-refractivity contribution in [2.24, 2.45) is 0 Å². The van der Waals surface area contributed by atoms with Crippen molar-refractivity contribution in [1.82, 2.24) is 9.80 Å². The van der Waals surface area contributed by atoms with Gasteiger partial charge in [-0.25, -0.2) is 0 Å². The van der Waals surface area contributed by atoms with Crippen LogP contribution in [-0.2, 0) is 4.79 Å². The van der Waals surface area contributed by atoms with E-state index < -0.39 is 0 Å². The van der Waals surface area contributed by atoms with Crippen LogP contribution in [0.5, 0.6) is 0 Å². The van der Waals surface area contributed by atoms with Crippen molar-refractivity contribution >= 4 is 12.0 Å². The zero-order valence-electron chi connectivity index (χ0n) is 15.8. The highest BCUT2D eigenvalue weighted by atomic mass is 16.2. The van der Waals surface area contributed by atoms with E-state index >= 15 is 0 Å². The van der Waals surface area contributed by atoms with Gasteiger partial charge in [0, 0.05) is 39.1 Å². The first-order valence-electron chi connectivity index (χ1n) is 10.0. The predicted molar refractivity (Wildman–Crippen MR) is 106 cm³/mol. The Hall–Kier alpha value is -1.61. The van der Waals surface area contributed by atoms with Gasteiger partial charge in [-0.05, 0) is 12.0 Å². The molecule has 1 heterocycles. The molecule has 0 radical (unpaired) electrons. The highest BCUT2D eigenvalue weighted by Gasteiger charge is 2.19. The third kappa shape index (κ3) is 7.87.